The van der Waals surface area contributed by atoms with Gasteiger partial charge in [0.05, 0.1) is 6.04 Å². The van der Waals surface area contributed by atoms with Gasteiger partial charge in [-0.2, -0.15) is 0 Å². The normalized spacial score (nSPS) is 22.3. The van der Waals surface area contributed by atoms with Crippen LogP contribution in [0.25, 0.3) is 0 Å². The Morgan fingerprint density at radius 1 is 1.65 bits per heavy atom. The van der Waals surface area contributed by atoms with Crippen LogP contribution in [-0.2, 0) is 0 Å². The molecule has 4 nitrogen and oxygen atoms in total. The number of nitrogens with zero attached hydrogens (tertiary/aromatic N) is 2. The van der Waals surface area contributed by atoms with Crippen molar-refractivity contribution in [1.82, 2.24) is 9.80 Å². The number of hydrogen-bond donors (Lipinski definition) is 1. The second-order valence-corrected chi connectivity index (χ2v) is 5.48. The first-order chi connectivity index (χ1) is 8.15. The van der Waals surface area contributed by atoms with Crippen LogP contribution in [0.1, 0.15) is 24.3 Å². The molecule has 2 amide bonds. The quantitative estimate of drug-likeness (QED) is 0.891. The van der Waals surface area contributed by atoms with Crippen LogP contribution in [0.3, 0.4) is 0 Å². The Hall–Kier alpha value is -1.07. The van der Waals surface area contributed by atoms with Crippen molar-refractivity contribution in [3.63, 3.8) is 0 Å². The number of urea groups is 1. The summed E-state index contributed by atoms with van der Waals surface area (Å²) in [6, 6.07) is 4.66. The summed E-state index contributed by atoms with van der Waals surface area (Å²) in [7, 11) is 1.88. The molecule has 1 aliphatic rings. The first-order valence-electron chi connectivity index (χ1n) is 5.92. The van der Waals surface area contributed by atoms with E-state index in [1.807, 2.05) is 22.9 Å². The van der Waals surface area contributed by atoms with Gasteiger partial charge in [-0.25, -0.2) is 4.79 Å². The summed E-state index contributed by atoms with van der Waals surface area (Å²) < 4.78 is 0. The van der Waals surface area contributed by atoms with E-state index in [1.165, 1.54) is 4.88 Å². The first kappa shape index (κ1) is 12.4. The SMILES string of the molecule is CC(CCN)N1CC(c2cccs2)N(C)C1=O. The molecule has 1 fully saturated rings. The van der Waals surface area contributed by atoms with E-state index in [2.05, 4.69) is 18.4 Å². The van der Waals surface area contributed by atoms with Crippen LogP contribution < -0.4 is 5.73 Å². The Morgan fingerprint density at radius 3 is 3.00 bits per heavy atom. The molecule has 1 aromatic heterocycles. The smallest absolute Gasteiger partial charge is 0.320 e. The van der Waals surface area contributed by atoms with E-state index in [9.17, 15) is 4.79 Å². The van der Waals surface area contributed by atoms with Gasteiger partial charge in [0.25, 0.3) is 0 Å². The molecular weight excluding hydrogens is 234 g/mol. The highest BCUT2D eigenvalue weighted by Gasteiger charge is 2.37. The van der Waals surface area contributed by atoms with Crippen LogP contribution in [0, 0.1) is 0 Å². The van der Waals surface area contributed by atoms with Crippen molar-refractivity contribution in [3.8, 4) is 0 Å². The fraction of sp³-hybridized carbons (Fsp3) is 0.583. The maximum absolute atomic E-state index is 12.1. The molecule has 2 heterocycles. The van der Waals surface area contributed by atoms with Crippen LogP contribution >= 0.6 is 11.3 Å². The third-order valence-corrected chi connectivity index (χ3v) is 4.35. The second-order valence-electron chi connectivity index (χ2n) is 4.50. The predicted molar refractivity (Wildman–Crippen MR) is 70.1 cm³/mol. The highest BCUT2D eigenvalue weighted by molar-refractivity contribution is 7.10. The standard InChI is InChI=1S/C12H19N3OS/c1-9(5-6-13)15-8-10(14(2)12(15)16)11-4-3-7-17-11/h3-4,7,9-10H,5-6,8,13H2,1-2H3. The minimum atomic E-state index is 0.115. The zero-order chi connectivity index (χ0) is 12.4. The molecule has 2 N–H and O–H groups in total. The highest BCUT2D eigenvalue weighted by atomic mass is 32.1. The van der Waals surface area contributed by atoms with Gasteiger partial charge in [0.1, 0.15) is 0 Å². The summed E-state index contributed by atoms with van der Waals surface area (Å²) in [4.78, 5) is 17.2. The van der Waals surface area contributed by atoms with E-state index in [-0.39, 0.29) is 18.1 Å². The fourth-order valence-corrected chi connectivity index (χ4v) is 3.11. The second kappa shape index (κ2) is 5.06. The lowest BCUT2D eigenvalue weighted by molar-refractivity contribution is 0.183. The lowest BCUT2D eigenvalue weighted by atomic mass is 10.2. The van der Waals surface area contributed by atoms with Gasteiger partial charge in [-0.05, 0) is 31.3 Å². The number of hydrogen-bond acceptors (Lipinski definition) is 3. The van der Waals surface area contributed by atoms with Gasteiger partial charge in [0.2, 0.25) is 0 Å². The average Bonchev–Trinajstić information content (AvgIpc) is 2.90. The van der Waals surface area contributed by atoms with Crippen molar-refractivity contribution in [3.05, 3.63) is 22.4 Å². The van der Waals surface area contributed by atoms with E-state index in [0.717, 1.165) is 13.0 Å². The lowest BCUT2D eigenvalue weighted by Gasteiger charge is -2.23. The summed E-state index contributed by atoms with van der Waals surface area (Å²) in [5, 5.41) is 2.06. The van der Waals surface area contributed by atoms with E-state index in [4.69, 9.17) is 5.73 Å². The number of amides is 2. The Balaban J connectivity index is 2.12. The van der Waals surface area contributed by atoms with Crippen molar-refractivity contribution < 1.29 is 4.79 Å². The molecule has 2 unspecified atom stereocenters. The molecule has 94 valence electrons. The van der Waals surface area contributed by atoms with Gasteiger partial charge in [-0.1, -0.05) is 6.07 Å². The predicted octanol–water partition coefficient (Wildman–Crippen LogP) is 1.89. The van der Waals surface area contributed by atoms with E-state index in [1.54, 1.807) is 11.3 Å². The van der Waals surface area contributed by atoms with Crippen molar-refractivity contribution >= 4 is 17.4 Å². The Morgan fingerprint density at radius 2 is 2.41 bits per heavy atom. The Kier molecular flexibility index (Phi) is 3.69. The van der Waals surface area contributed by atoms with Crippen LogP contribution in [0.4, 0.5) is 4.79 Å². The summed E-state index contributed by atoms with van der Waals surface area (Å²) in [6.45, 7) is 3.46. The van der Waals surface area contributed by atoms with Gasteiger partial charge >= 0.3 is 6.03 Å². The van der Waals surface area contributed by atoms with Crippen LogP contribution in [0.15, 0.2) is 17.5 Å². The molecule has 17 heavy (non-hydrogen) atoms. The highest BCUT2D eigenvalue weighted by Crippen LogP contribution is 2.32. The third-order valence-electron chi connectivity index (χ3n) is 3.37. The van der Waals surface area contributed by atoms with Crippen molar-refractivity contribution in [2.45, 2.75) is 25.4 Å². The van der Waals surface area contributed by atoms with E-state index < -0.39 is 0 Å². The van der Waals surface area contributed by atoms with E-state index in [0.29, 0.717) is 6.54 Å². The third kappa shape index (κ3) is 2.30. The summed E-state index contributed by atoms with van der Waals surface area (Å²) in [5.41, 5.74) is 5.56. The maximum atomic E-state index is 12.1. The molecule has 1 aliphatic heterocycles. The van der Waals surface area contributed by atoms with Gasteiger partial charge in [-0.3, -0.25) is 0 Å². The summed E-state index contributed by atoms with van der Waals surface area (Å²) >= 11 is 1.71. The van der Waals surface area contributed by atoms with Crippen molar-refractivity contribution in [1.29, 1.82) is 0 Å². The number of carbonyl (C=O) groups excluding carboxylic acids is 1. The molecule has 0 spiro atoms. The monoisotopic (exact) mass is 253 g/mol. The Bertz CT molecular complexity index is 379. The summed E-state index contributed by atoms with van der Waals surface area (Å²) in [5.74, 6) is 0. The molecular formula is C12H19N3OS. The summed E-state index contributed by atoms with van der Waals surface area (Å²) in [6.07, 6.45) is 0.858. The number of nitrogens with two attached hydrogens (primary N) is 1. The molecule has 2 atom stereocenters. The average molecular weight is 253 g/mol. The van der Waals surface area contributed by atoms with Crippen LogP contribution in [0.5, 0.6) is 0 Å². The zero-order valence-electron chi connectivity index (χ0n) is 10.3. The molecule has 2 rings (SSSR count). The number of likely N-dealkylation sites (N-methyl/N-ethyl adjacent to an activating group) is 1. The van der Waals surface area contributed by atoms with Crippen molar-refractivity contribution in [2.24, 2.45) is 5.73 Å². The molecule has 0 radical (unpaired) electrons. The molecule has 0 saturated carbocycles. The van der Waals surface area contributed by atoms with Crippen molar-refractivity contribution in [2.75, 3.05) is 20.1 Å². The molecule has 5 heteroatoms. The van der Waals surface area contributed by atoms with Gasteiger partial charge in [0.15, 0.2) is 0 Å². The molecule has 1 saturated heterocycles. The minimum Gasteiger partial charge on any atom is -0.330 e. The molecule has 1 aromatic rings. The first-order valence-corrected chi connectivity index (χ1v) is 6.80. The zero-order valence-corrected chi connectivity index (χ0v) is 11.1. The van der Waals surface area contributed by atoms with Gasteiger partial charge in [0, 0.05) is 24.5 Å². The van der Waals surface area contributed by atoms with E-state index >= 15 is 0 Å². The largest absolute Gasteiger partial charge is 0.330 e. The number of carbonyl (C=O) groups is 1. The van der Waals surface area contributed by atoms with Crippen LogP contribution in [-0.4, -0.2) is 42.0 Å². The fourth-order valence-electron chi connectivity index (χ4n) is 2.25. The number of thiophene rings is 1. The van der Waals surface area contributed by atoms with Gasteiger partial charge in [-0.15, -0.1) is 11.3 Å². The lowest BCUT2D eigenvalue weighted by Crippen LogP contribution is -2.37. The minimum absolute atomic E-state index is 0.115. The molecule has 0 aromatic carbocycles. The topological polar surface area (TPSA) is 49.6 Å². The van der Waals surface area contributed by atoms with Crippen LogP contribution in [0.2, 0.25) is 0 Å². The van der Waals surface area contributed by atoms with Gasteiger partial charge < -0.3 is 15.5 Å². The Labute approximate surface area is 106 Å². The maximum Gasteiger partial charge on any atom is 0.320 e. The number of rotatable bonds is 4. The molecule has 0 bridgehead atoms. The molecule has 0 aliphatic carbocycles.